The van der Waals surface area contributed by atoms with E-state index < -0.39 is 0 Å². The van der Waals surface area contributed by atoms with Crippen molar-refractivity contribution in [2.75, 3.05) is 45.8 Å². The highest BCUT2D eigenvalue weighted by molar-refractivity contribution is 5.75. The van der Waals surface area contributed by atoms with Gasteiger partial charge < -0.3 is 27.4 Å². The molecule has 0 aromatic carbocycles. The first-order valence-electron chi connectivity index (χ1n) is 6.32. The van der Waals surface area contributed by atoms with Crippen molar-refractivity contribution in [2.45, 2.75) is 19.3 Å². The van der Waals surface area contributed by atoms with E-state index in [1.54, 1.807) is 0 Å². The highest BCUT2D eigenvalue weighted by Gasteiger charge is 2.03. The van der Waals surface area contributed by atoms with Gasteiger partial charge in [0, 0.05) is 0 Å². The summed E-state index contributed by atoms with van der Waals surface area (Å²) in [5.41, 5.74) is 16.0. The van der Waals surface area contributed by atoms with Crippen LogP contribution in [0.3, 0.4) is 0 Å². The van der Waals surface area contributed by atoms with E-state index in [1.807, 2.05) is 0 Å². The Morgan fingerprint density at radius 2 is 1.53 bits per heavy atom. The van der Waals surface area contributed by atoms with Gasteiger partial charge in [-0.25, -0.2) is 0 Å². The number of hydrogen-bond acceptors (Lipinski definition) is 5. The van der Waals surface area contributed by atoms with E-state index in [1.165, 1.54) is 0 Å². The maximum atomic E-state index is 10.5. The zero-order chi connectivity index (χ0) is 12.9. The van der Waals surface area contributed by atoms with Gasteiger partial charge in [-0.1, -0.05) is 0 Å². The molecule has 0 atom stereocenters. The Morgan fingerprint density at radius 1 is 1.00 bits per heavy atom. The summed E-state index contributed by atoms with van der Waals surface area (Å²) in [4.78, 5) is 12.9. The maximum Gasteiger partial charge on any atom is 0.231 e. The van der Waals surface area contributed by atoms with Crippen LogP contribution >= 0.6 is 0 Å². The first-order chi connectivity index (χ1) is 8.20. The van der Waals surface area contributed by atoms with E-state index in [9.17, 15) is 4.79 Å². The van der Waals surface area contributed by atoms with Crippen LogP contribution < -0.4 is 22.5 Å². The Hall–Kier alpha value is -0.690. The second kappa shape index (κ2) is 11.8. The van der Waals surface area contributed by atoms with Gasteiger partial charge >= 0.3 is 0 Å². The quantitative estimate of drug-likeness (QED) is 0.311. The van der Waals surface area contributed by atoms with Gasteiger partial charge in [0.15, 0.2) is 0 Å². The van der Waals surface area contributed by atoms with Crippen LogP contribution in [-0.2, 0) is 4.79 Å². The second-order valence-electron chi connectivity index (χ2n) is 4.12. The molecule has 0 aliphatic heterocycles. The summed E-state index contributed by atoms with van der Waals surface area (Å²) in [6, 6.07) is 0. The topological polar surface area (TPSA) is 110 Å². The van der Waals surface area contributed by atoms with Crippen molar-refractivity contribution >= 4 is 5.91 Å². The summed E-state index contributed by atoms with van der Waals surface area (Å²) < 4.78 is 0. The third-order valence-electron chi connectivity index (χ3n) is 2.48. The van der Waals surface area contributed by atoms with Crippen molar-refractivity contribution in [2.24, 2.45) is 17.2 Å². The second-order valence-corrected chi connectivity index (χ2v) is 4.12. The minimum Gasteiger partial charge on any atom is -0.369 e. The van der Waals surface area contributed by atoms with Crippen LogP contribution in [0.5, 0.6) is 0 Å². The molecule has 0 spiro atoms. The van der Waals surface area contributed by atoms with E-state index >= 15 is 0 Å². The summed E-state index contributed by atoms with van der Waals surface area (Å²) in [6.07, 6.45) is 3.03. The lowest BCUT2D eigenvalue weighted by atomic mass is 10.3. The van der Waals surface area contributed by atoms with Crippen molar-refractivity contribution in [1.29, 1.82) is 0 Å². The molecule has 102 valence electrons. The molecule has 0 heterocycles. The number of carbonyl (C=O) groups excluding carboxylic acids is 1. The molecule has 1 amide bonds. The summed E-state index contributed by atoms with van der Waals surface area (Å²) in [7, 11) is 0. The number of nitrogens with zero attached hydrogens (tertiary/aromatic N) is 1. The maximum absolute atomic E-state index is 10.5. The molecule has 6 heteroatoms. The average molecular weight is 245 g/mol. The summed E-state index contributed by atoms with van der Waals surface area (Å²) in [6.45, 7) is 5.55. The fourth-order valence-electron chi connectivity index (χ4n) is 1.60. The summed E-state index contributed by atoms with van der Waals surface area (Å²) in [5, 5.41) is 3.00. The zero-order valence-electron chi connectivity index (χ0n) is 10.7. The minimum atomic E-state index is -0.312. The van der Waals surface area contributed by atoms with Gasteiger partial charge in [0.05, 0.1) is 6.54 Å². The first kappa shape index (κ1) is 16.3. The standard InChI is InChI=1S/C11H27N5O/c12-4-1-7-16(8-2-5-13)9-3-6-15-10-11(14)17/h15H,1-10,12-13H2,(H2,14,17). The number of primary amides is 1. The molecule has 0 aromatic rings. The van der Waals surface area contributed by atoms with Crippen LogP contribution in [-0.4, -0.2) is 56.6 Å². The molecular formula is C11H27N5O. The van der Waals surface area contributed by atoms with Crippen molar-refractivity contribution < 1.29 is 4.79 Å². The Bertz CT molecular complexity index is 181. The number of nitrogens with one attached hydrogen (secondary N) is 1. The molecule has 7 N–H and O–H groups in total. The van der Waals surface area contributed by atoms with Gasteiger partial charge in [-0.15, -0.1) is 0 Å². The summed E-state index contributed by atoms with van der Waals surface area (Å²) in [5.74, 6) is -0.312. The van der Waals surface area contributed by atoms with Crippen molar-refractivity contribution in [3.63, 3.8) is 0 Å². The van der Waals surface area contributed by atoms with Gasteiger partial charge in [-0.2, -0.15) is 0 Å². The van der Waals surface area contributed by atoms with Crippen LogP contribution in [0.15, 0.2) is 0 Å². The average Bonchev–Trinajstić information content (AvgIpc) is 2.30. The molecule has 0 aliphatic carbocycles. The van der Waals surface area contributed by atoms with Crippen LogP contribution in [0.4, 0.5) is 0 Å². The highest BCUT2D eigenvalue weighted by Crippen LogP contribution is 1.95. The predicted octanol–water partition coefficient (Wildman–Crippen LogP) is -1.55. The highest BCUT2D eigenvalue weighted by atomic mass is 16.1. The van der Waals surface area contributed by atoms with Gasteiger partial charge in [0.1, 0.15) is 0 Å². The minimum absolute atomic E-state index is 0.256. The summed E-state index contributed by atoms with van der Waals surface area (Å²) >= 11 is 0. The molecule has 0 bridgehead atoms. The van der Waals surface area contributed by atoms with E-state index in [4.69, 9.17) is 17.2 Å². The Kier molecular flexibility index (Phi) is 11.3. The van der Waals surface area contributed by atoms with E-state index in [0.29, 0.717) is 0 Å². The molecule has 0 fully saturated rings. The number of hydrogen-bond donors (Lipinski definition) is 4. The molecular weight excluding hydrogens is 218 g/mol. The van der Waals surface area contributed by atoms with Crippen LogP contribution in [0, 0.1) is 0 Å². The molecule has 0 saturated carbocycles. The van der Waals surface area contributed by atoms with E-state index in [-0.39, 0.29) is 12.5 Å². The molecule has 0 unspecified atom stereocenters. The predicted molar refractivity (Wildman–Crippen MR) is 70.5 cm³/mol. The smallest absolute Gasteiger partial charge is 0.231 e. The third-order valence-corrected chi connectivity index (χ3v) is 2.48. The fraction of sp³-hybridized carbons (Fsp3) is 0.909. The Morgan fingerprint density at radius 3 is 2.00 bits per heavy atom. The number of nitrogens with two attached hydrogens (primary N) is 3. The SMILES string of the molecule is NCCCN(CCCN)CCCNCC(N)=O. The van der Waals surface area contributed by atoms with Gasteiger partial charge in [-0.05, 0) is 58.5 Å². The lowest BCUT2D eigenvalue weighted by molar-refractivity contribution is -0.117. The zero-order valence-corrected chi connectivity index (χ0v) is 10.7. The monoisotopic (exact) mass is 245 g/mol. The molecule has 6 nitrogen and oxygen atoms in total. The van der Waals surface area contributed by atoms with Crippen LogP contribution in [0.25, 0.3) is 0 Å². The van der Waals surface area contributed by atoms with E-state index in [0.717, 1.165) is 58.5 Å². The van der Waals surface area contributed by atoms with Gasteiger partial charge in [-0.3, -0.25) is 4.79 Å². The normalized spacial score (nSPS) is 11.0. The lowest BCUT2D eigenvalue weighted by Gasteiger charge is -2.21. The van der Waals surface area contributed by atoms with Crippen molar-refractivity contribution in [3.05, 3.63) is 0 Å². The third kappa shape index (κ3) is 11.6. The molecule has 0 rings (SSSR count). The number of carbonyl (C=O) groups is 1. The van der Waals surface area contributed by atoms with Crippen LogP contribution in [0.2, 0.25) is 0 Å². The molecule has 0 saturated heterocycles. The Labute approximate surface area is 104 Å². The lowest BCUT2D eigenvalue weighted by Crippen LogP contribution is -2.33. The number of amides is 1. The molecule has 0 radical (unpaired) electrons. The van der Waals surface area contributed by atoms with Crippen molar-refractivity contribution in [1.82, 2.24) is 10.2 Å². The molecule has 0 aliphatic rings. The van der Waals surface area contributed by atoms with Gasteiger partial charge in [0.25, 0.3) is 0 Å². The first-order valence-corrected chi connectivity index (χ1v) is 6.32. The fourth-order valence-corrected chi connectivity index (χ4v) is 1.60. The van der Waals surface area contributed by atoms with Gasteiger partial charge in [0.2, 0.25) is 5.91 Å². The Balaban J connectivity index is 3.55. The number of rotatable bonds is 12. The largest absolute Gasteiger partial charge is 0.369 e. The molecule has 0 aromatic heterocycles. The molecule has 17 heavy (non-hydrogen) atoms. The van der Waals surface area contributed by atoms with E-state index in [2.05, 4.69) is 10.2 Å². The van der Waals surface area contributed by atoms with Crippen molar-refractivity contribution in [3.8, 4) is 0 Å². The van der Waals surface area contributed by atoms with Crippen LogP contribution in [0.1, 0.15) is 19.3 Å².